The first-order chi connectivity index (χ1) is 27.8. The summed E-state index contributed by atoms with van der Waals surface area (Å²) in [4.78, 5) is 5.50. The molecule has 270 valence electrons. The number of hydrogen-bond acceptors (Lipinski definition) is 5. The van der Waals surface area contributed by atoms with Crippen LogP contribution >= 0.6 is 0 Å². The van der Waals surface area contributed by atoms with E-state index in [-0.39, 0.29) is 0 Å². The lowest BCUT2D eigenvalue weighted by Gasteiger charge is -2.38. The molecule has 0 fully saturated rings. The molecule has 0 aliphatic rings. The second-order valence-electron chi connectivity index (χ2n) is 13.7. The molecule has 7 aromatic carbocycles. The minimum absolute atomic E-state index is 0.342. The Bertz CT molecular complexity index is 2440. The highest BCUT2D eigenvalue weighted by molar-refractivity contribution is 5.82. The summed E-state index contributed by atoms with van der Waals surface area (Å²) in [5, 5.41) is 13.9. The van der Waals surface area contributed by atoms with E-state index in [0.717, 1.165) is 38.9 Å². The van der Waals surface area contributed by atoms with Crippen LogP contribution < -0.4 is 10.1 Å². The molecular weight excluding hydrogens is 687 g/mol. The molecule has 0 unspecified atom stereocenters. The van der Waals surface area contributed by atoms with Crippen LogP contribution in [0.3, 0.4) is 0 Å². The average Bonchev–Trinajstić information content (AvgIpc) is 3.71. The van der Waals surface area contributed by atoms with Crippen molar-refractivity contribution < 1.29 is 4.74 Å². The van der Waals surface area contributed by atoms with Gasteiger partial charge < -0.3 is 10.1 Å². The van der Waals surface area contributed by atoms with E-state index in [9.17, 15) is 0 Å². The van der Waals surface area contributed by atoms with Crippen molar-refractivity contribution in [1.82, 2.24) is 20.0 Å². The molecule has 0 spiro atoms. The number of ether oxygens (including phenoxy) is 1. The molecule has 0 saturated heterocycles. The number of benzene rings is 7. The topological polar surface area (TPSA) is 64.9 Å². The Morgan fingerprint density at radius 2 is 0.839 bits per heavy atom. The summed E-state index contributed by atoms with van der Waals surface area (Å²) in [5.41, 5.74) is 6.61. The molecule has 56 heavy (non-hydrogen) atoms. The molecule has 2 heterocycles. The van der Waals surface area contributed by atoms with Crippen LogP contribution in [-0.4, -0.2) is 20.0 Å². The first-order valence-electron chi connectivity index (χ1n) is 18.8. The van der Waals surface area contributed by atoms with Gasteiger partial charge in [0.25, 0.3) is 0 Å². The molecule has 0 bridgehead atoms. The third kappa shape index (κ3) is 6.17. The number of aromatic nitrogens is 4. The number of fused-ring (bicyclic) bond motifs is 1. The van der Waals surface area contributed by atoms with Crippen molar-refractivity contribution in [2.24, 2.45) is 0 Å². The number of pyridine rings is 1. The second-order valence-corrected chi connectivity index (χ2v) is 13.7. The van der Waals surface area contributed by atoms with Gasteiger partial charge in [-0.25, -0.2) is 9.67 Å². The van der Waals surface area contributed by atoms with Crippen LogP contribution in [-0.2, 0) is 17.7 Å². The number of anilines is 1. The molecule has 0 atom stereocenters. The van der Waals surface area contributed by atoms with Crippen molar-refractivity contribution in [2.75, 3.05) is 5.32 Å². The fourth-order valence-electron chi connectivity index (χ4n) is 7.89. The molecule has 0 aliphatic heterocycles. The quantitative estimate of drug-likeness (QED) is 0.127. The highest BCUT2D eigenvalue weighted by atomic mass is 16.5. The molecule has 1 N–H and O–H groups in total. The van der Waals surface area contributed by atoms with Crippen molar-refractivity contribution in [1.29, 1.82) is 0 Å². The molecule has 2 aromatic heterocycles. The zero-order valence-corrected chi connectivity index (χ0v) is 30.7. The summed E-state index contributed by atoms with van der Waals surface area (Å²) in [6.07, 6.45) is 0. The first kappa shape index (κ1) is 34.5. The van der Waals surface area contributed by atoms with Crippen LogP contribution in [0, 0.1) is 0 Å². The van der Waals surface area contributed by atoms with Gasteiger partial charge in [0.15, 0.2) is 16.9 Å². The molecule has 6 heteroatoms. The van der Waals surface area contributed by atoms with Crippen LogP contribution in [0.2, 0.25) is 0 Å². The fourth-order valence-corrected chi connectivity index (χ4v) is 7.89. The first-order valence-corrected chi connectivity index (χ1v) is 18.8. The van der Waals surface area contributed by atoms with Crippen molar-refractivity contribution in [3.05, 3.63) is 257 Å². The highest BCUT2D eigenvalue weighted by Gasteiger charge is 2.42. The van der Waals surface area contributed by atoms with Crippen LogP contribution in [0.1, 0.15) is 38.9 Å². The lowest BCUT2D eigenvalue weighted by molar-refractivity contribution is 0.309. The third-order valence-corrected chi connectivity index (χ3v) is 10.4. The Kier molecular flexibility index (Phi) is 9.36. The molecule has 6 nitrogen and oxygen atoms in total. The van der Waals surface area contributed by atoms with Gasteiger partial charge in [0, 0.05) is 6.07 Å². The maximum Gasteiger partial charge on any atom is 0.185 e. The Labute approximate surface area is 326 Å². The van der Waals surface area contributed by atoms with Gasteiger partial charge in [-0.05, 0) is 38.9 Å². The number of rotatable bonds is 12. The minimum atomic E-state index is -0.948. The second kappa shape index (κ2) is 15.2. The summed E-state index contributed by atoms with van der Waals surface area (Å²) in [5.74, 6) is 1.17. The zero-order chi connectivity index (χ0) is 37.6. The van der Waals surface area contributed by atoms with Gasteiger partial charge in [-0.3, -0.25) is 0 Å². The largest absolute Gasteiger partial charge is 0.486 e. The van der Waals surface area contributed by atoms with Crippen LogP contribution in [0.4, 0.5) is 5.82 Å². The minimum Gasteiger partial charge on any atom is -0.486 e. The van der Waals surface area contributed by atoms with Gasteiger partial charge in [-0.15, -0.1) is 5.10 Å². The summed E-state index contributed by atoms with van der Waals surface area (Å²) >= 11 is 0. The number of nitrogens with zero attached hydrogens (tertiary/aromatic N) is 4. The van der Waals surface area contributed by atoms with E-state index in [4.69, 9.17) is 20.0 Å². The van der Waals surface area contributed by atoms with E-state index in [1.807, 2.05) is 65.3 Å². The molecular formula is C50H39N5O. The van der Waals surface area contributed by atoms with Gasteiger partial charge in [0.1, 0.15) is 23.5 Å². The normalized spacial score (nSPS) is 11.6. The summed E-state index contributed by atoms with van der Waals surface area (Å²) < 4.78 is 8.70. The Morgan fingerprint density at radius 3 is 1.25 bits per heavy atom. The lowest BCUT2D eigenvalue weighted by Crippen LogP contribution is -2.39. The van der Waals surface area contributed by atoms with Gasteiger partial charge in [0.2, 0.25) is 0 Å². The SMILES string of the molecule is c1ccc(COc2cc(NC(c3ccccc3)(c3ccccc3)c3ccccc3)nc3c2nnn3C(c2ccccc2)(c2ccccc2)c2ccccc2)cc1. The van der Waals surface area contributed by atoms with E-state index < -0.39 is 11.1 Å². The summed E-state index contributed by atoms with van der Waals surface area (Å²) in [6.45, 7) is 0.342. The number of nitrogens with one attached hydrogen (secondary N) is 1. The highest BCUT2D eigenvalue weighted by Crippen LogP contribution is 2.44. The van der Waals surface area contributed by atoms with E-state index in [0.29, 0.717) is 29.3 Å². The Morgan fingerprint density at radius 1 is 0.464 bits per heavy atom. The predicted octanol–water partition coefficient (Wildman–Crippen LogP) is 10.6. The van der Waals surface area contributed by atoms with Crippen molar-refractivity contribution in [3.8, 4) is 5.75 Å². The van der Waals surface area contributed by atoms with Crippen LogP contribution in [0.15, 0.2) is 218 Å². The molecule has 0 amide bonds. The Balaban J connectivity index is 1.34. The molecule has 9 rings (SSSR count). The van der Waals surface area contributed by atoms with Gasteiger partial charge in [-0.2, -0.15) is 0 Å². The molecule has 0 saturated carbocycles. The Hall–Kier alpha value is -7.31. The van der Waals surface area contributed by atoms with Gasteiger partial charge >= 0.3 is 0 Å². The van der Waals surface area contributed by atoms with E-state index in [1.54, 1.807) is 0 Å². The molecule has 0 radical (unpaired) electrons. The van der Waals surface area contributed by atoms with Crippen molar-refractivity contribution in [3.63, 3.8) is 0 Å². The lowest BCUT2D eigenvalue weighted by atomic mass is 9.77. The third-order valence-electron chi connectivity index (χ3n) is 10.4. The van der Waals surface area contributed by atoms with E-state index in [1.165, 1.54) is 0 Å². The standard InChI is InChI=1S/C50H39N5O/c1-8-22-38(23-9-1)37-56-45-36-46(52-49(39-24-10-2-11-25-39,40-26-12-3-13-27-40)41-28-14-4-15-29-41)51-48-47(45)53-54-55(48)50(42-30-16-5-17-31-42,43-32-18-6-19-33-43)44-34-20-7-21-35-44/h1-36H,37H2,(H,51,52). The average molecular weight is 726 g/mol. The van der Waals surface area contributed by atoms with Crippen molar-refractivity contribution >= 4 is 17.0 Å². The maximum atomic E-state index is 6.72. The predicted molar refractivity (Wildman–Crippen MR) is 224 cm³/mol. The van der Waals surface area contributed by atoms with Crippen LogP contribution in [0.5, 0.6) is 5.75 Å². The zero-order valence-electron chi connectivity index (χ0n) is 30.7. The maximum absolute atomic E-state index is 6.72. The smallest absolute Gasteiger partial charge is 0.185 e. The van der Waals surface area contributed by atoms with Crippen molar-refractivity contribution in [2.45, 2.75) is 17.7 Å². The van der Waals surface area contributed by atoms with Gasteiger partial charge in [0.05, 0.1) is 0 Å². The van der Waals surface area contributed by atoms with E-state index in [2.05, 4.69) is 163 Å². The fraction of sp³-hybridized carbons (Fsp3) is 0.0600. The summed E-state index contributed by atoms with van der Waals surface area (Å²) in [6, 6.07) is 75.1. The van der Waals surface area contributed by atoms with E-state index >= 15 is 0 Å². The molecule has 0 aliphatic carbocycles. The number of hydrogen-bond donors (Lipinski definition) is 1. The molecule has 9 aromatic rings. The van der Waals surface area contributed by atoms with Crippen LogP contribution in [0.25, 0.3) is 11.2 Å². The monoisotopic (exact) mass is 725 g/mol. The van der Waals surface area contributed by atoms with Gasteiger partial charge in [-0.1, -0.05) is 218 Å². The summed E-state index contributed by atoms with van der Waals surface area (Å²) in [7, 11) is 0.